The minimum atomic E-state index is -0.523. The van der Waals surface area contributed by atoms with Crippen molar-refractivity contribution in [3.05, 3.63) is 97.1 Å². The van der Waals surface area contributed by atoms with Crippen molar-refractivity contribution >= 4 is 5.78 Å². The lowest BCUT2D eigenvalue weighted by atomic mass is 9.90. The zero-order chi connectivity index (χ0) is 17.9. The molecular weight excluding hydrogens is 308 g/mol. The highest BCUT2D eigenvalue weighted by Crippen LogP contribution is 2.22. The number of allylic oxidation sites excluding steroid dienone is 1. The molecule has 0 saturated heterocycles. The van der Waals surface area contributed by atoms with E-state index >= 15 is 0 Å². The Morgan fingerprint density at radius 3 is 2.24 bits per heavy atom. The molecule has 0 aliphatic heterocycles. The van der Waals surface area contributed by atoms with Gasteiger partial charge < -0.3 is 4.74 Å². The Hall–Kier alpha value is -2.45. The van der Waals surface area contributed by atoms with Crippen molar-refractivity contribution in [3.63, 3.8) is 0 Å². The lowest BCUT2D eigenvalue weighted by molar-refractivity contribution is 0.0152. The first kappa shape index (κ1) is 18.9. The van der Waals surface area contributed by atoms with E-state index in [1.807, 2.05) is 72.8 Å². The van der Waals surface area contributed by atoms with E-state index in [4.69, 9.17) is 4.74 Å². The first-order valence-electron chi connectivity index (χ1n) is 8.74. The Bertz CT molecular complexity index is 661. The van der Waals surface area contributed by atoms with E-state index in [0.717, 1.165) is 24.8 Å². The molecule has 0 unspecified atom stereocenters. The van der Waals surface area contributed by atoms with Crippen molar-refractivity contribution in [2.24, 2.45) is 5.92 Å². The summed E-state index contributed by atoms with van der Waals surface area (Å²) in [5.41, 5.74) is 1.73. The number of benzene rings is 2. The standard InChI is InChI=1S/C23H26O2/c1-3-5-8-15-20(4-2)23(22(24)21-16-11-7-12-17-21)25-18-19-13-9-6-10-14-19/h3-4,6-7,9-14,16-17,20,23H,1-2,5,8,15,18H2/t20-,23-/m1/s1. The van der Waals surface area contributed by atoms with Crippen LogP contribution in [0.5, 0.6) is 0 Å². The number of carbonyl (C=O) groups is 1. The quantitative estimate of drug-likeness (QED) is 0.303. The summed E-state index contributed by atoms with van der Waals surface area (Å²) in [5, 5.41) is 0. The third-order valence-electron chi connectivity index (χ3n) is 4.23. The molecule has 2 aromatic carbocycles. The second-order valence-electron chi connectivity index (χ2n) is 6.07. The fourth-order valence-electron chi connectivity index (χ4n) is 2.81. The van der Waals surface area contributed by atoms with Gasteiger partial charge in [-0.15, -0.1) is 13.2 Å². The van der Waals surface area contributed by atoms with Crippen molar-refractivity contribution in [1.29, 1.82) is 0 Å². The molecule has 0 aliphatic carbocycles. The lowest BCUT2D eigenvalue weighted by Gasteiger charge is -2.24. The van der Waals surface area contributed by atoms with E-state index in [1.165, 1.54) is 0 Å². The van der Waals surface area contributed by atoms with Crippen molar-refractivity contribution in [3.8, 4) is 0 Å². The van der Waals surface area contributed by atoms with Crippen molar-refractivity contribution < 1.29 is 9.53 Å². The van der Waals surface area contributed by atoms with Gasteiger partial charge in [-0.2, -0.15) is 0 Å². The maximum atomic E-state index is 13.0. The number of unbranched alkanes of at least 4 members (excludes halogenated alkanes) is 1. The Kier molecular flexibility index (Phi) is 7.87. The van der Waals surface area contributed by atoms with Crippen LogP contribution < -0.4 is 0 Å². The number of hydrogen-bond acceptors (Lipinski definition) is 2. The third kappa shape index (κ3) is 5.84. The average Bonchev–Trinajstić information content (AvgIpc) is 2.68. The second kappa shape index (κ2) is 10.4. The molecule has 2 aromatic rings. The van der Waals surface area contributed by atoms with Crippen LogP contribution in [0, 0.1) is 5.92 Å². The van der Waals surface area contributed by atoms with Gasteiger partial charge in [0.15, 0.2) is 5.78 Å². The van der Waals surface area contributed by atoms with Gasteiger partial charge >= 0.3 is 0 Å². The first-order chi connectivity index (χ1) is 12.3. The van der Waals surface area contributed by atoms with Gasteiger partial charge in [-0.1, -0.05) is 72.8 Å². The SMILES string of the molecule is C=CCCC[C@@H](C=C)[C@@H](OCc1ccccc1)C(=O)c1ccccc1. The normalized spacial score (nSPS) is 13.0. The summed E-state index contributed by atoms with van der Waals surface area (Å²) in [4.78, 5) is 13.0. The Balaban J connectivity index is 2.15. The van der Waals surface area contributed by atoms with Gasteiger partial charge in [0.25, 0.3) is 0 Å². The number of hydrogen-bond donors (Lipinski definition) is 0. The van der Waals surface area contributed by atoms with Crippen LogP contribution in [0.2, 0.25) is 0 Å². The molecule has 0 bridgehead atoms. The molecule has 2 nitrogen and oxygen atoms in total. The maximum absolute atomic E-state index is 13.0. The molecule has 0 N–H and O–H groups in total. The summed E-state index contributed by atoms with van der Waals surface area (Å²) < 4.78 is 6.08. The van der Waals surface area contributed by atoms with Crippen molar-refractivity contribution in [2.45, 2.75) is 32.0 Å². The second-order valence-corrected chi connectivity index (χ2v) is 6.07. The van der Waals surface area contributed by atoms with E-state index in [1.54, 1.807) is 0 Å². The van der Waals surface area contributed by atoms with Gasteiger partial charge in [0, 0.05) is 11.5 Å². The molecule has 25 heavy (non-hydrogen) atoms. The average molecular weight is 334 g/mol. The Morgan fingerprint density at radius 1 is 1.00 bits per heavy atom. The number of rotatable bonds is 11. The minimum absolute atomic E-state index is 0.0139. The van der Waals surface area contributed by atoms with E-state index in [-0.39, 0.29) is 11.7 Å². The fourth-order valence-corrected chi connectivity index (χ4v) is 2.81. The van der Waals surface area contributed by atoms with Gasteiger partial charge in [0.1, 0.15) is 6.10 Å². The van der Waals surface area contributed by atoms with E-state index in [9.17, 15) is 4.79 Å². The molecule has 2 heteroatoms. The first-order valence-corrected chi connectivity index (χ1v) is 8.74. The summed E-state index contributed by atoms with van der Waals surface area (Å²) in [5.74, 6) is -0.00333. The number of Topliss-reactive ketones (excluding diaryl/α,β-unsaturated/α-hetero) is 1. The molecule has 0 radical (unpaired) electrons. The molecule has 0 spiro atoms. The van der Waals surface area contributed by atoms with Crippen LogP contribution in [0.15, 0.2) is 86.0 Å². The molecule has 0 aromatic heterocycles. The van der Waals surface area contributed by atoms with Gasteiger partial charge in [0.2, 0.25) is 0 Å². The van der Waals surface area contributed by atoms with Gasteiger partial charge in [-0.3, -0.25) is 4.79 Å². The van der Waals surface area contributed by atoms with Gasteiger partial charge in [-0.05, 0) is 24.8 Å². The third-order valence-corrected chi connectivity index (χ3v) is 4.23. The molecule has 0 aliphatic rings. The molecule has 0 fully saturated rings. The largest absolute Gasteiger partial charge is 0.365 e. The summed E-state index contributed by atoms with van der Waals surface area (Å²) >= 11 is 0. The molecular formula is C23H26O2. The maximum Gasteiger partial charge on any atom is 0.192 e. The highest BCUT2D eigenvalue weighted by Gasteiger charge is 2.27. The molecule has 2 atom stereocenters. The Labute approximate surface area is 150 Å². The fraction of sp³-hybridized carbons (Fsp3) is 0.261. The molecule has 2 rings (SSSR count). The van der Waals surface area contributed by atoms with Crippen LogP contribution in [0.25, 0.3) is 0 Å². The van der Waals surface area contributed by atoms with Crippen molar-refractivity contribution in [1.82, 2.24) is 0 Å². The highest BCUT2D eigenvalue weighted by molar-refractivity contribution is 5.99. The number of ether oxygens (including phenoxy) is 1. The zero-order valence-electron chi connectivity index (χ0n) is 14.6. The summed E-state index contributed by atoms with van der Waals surface area (Å²) in [7, 11) is 0. The van der Waals surface area contributed by atoms with Gasteiger partial charge in [0.05, 0.1) is 6.61 Å². The molecule has 0 amide bonds. The summed E-state index contributed by atoms with van der Waals surface area (Å²) in [6.07, 6.45) is 5.97. The minimum Gasteiger partial charge on any atom is -0.365 e. The zero-order valence-corrected chi connectivity index (χ0v) is 14.6. The van der Waals surface area contributed by atoms with Crippen LogP contribution in [0.3, 0.4) is 0 Å². The van der Waals surface area contributed by atoms with Crippen LogP contribution in [0.1, 0.15) is 35.2 Å². The van der Waals surface area contributed by atoms with Crippen LogP contribution in [0.4, 0.5) is 0 Å². The molecule has 0 heterocycles. The number of carbonyl (C=O) groups excluding carboxylic acids is 1. The smallest absolute Gasteiger partial charge is 0.192 e. The van der Waals surface area contributed by atoms with Crippen molar-refractivity contribution in [2.75, 3.05) is 0 Å². The monoisotopic (exact) mass is 334 g/mol. The molecule has 130 valence electrons. The van der Waals surface area contributed by atoms with E-state index in [2.05, 4.69) is 13.2 Å². The Morgan fingerprint density at radius 2 is 1.64 bits per heavy atom. The van der Waals surface area contributed by atoms with E-state index < -0.39 is 6.10 Å². The van der Waals surface area contributed by atoms with Gasteiger partial charge in [-0.25, -0.2) is 0 Å². The van der Waals surface area contributed by atoms with Crippen LogP contribution in [-0.2, 0) is 11.3 Å². The predicted molar refractivity (Wildman–Crippen MR) is 104 cm³/mol. The summed E-state index contributed by atoms with van der Waals surface area (Å²) in [6, 6.07) is 19.3. The lowest BCUT2D eigenvalue weighted by Crippen LogP contribution is -2.32. The van der Waals surface area contributed by atoms with Crippen LogP contribution >= 0.6 is 0 Å². The number of ketones is 1. The predicted octanol–water partition coefficient (Wildman–Crippen LogP) is 5.61. The van der Waals surface area contributed by atoms with E-state index in [0.29, 0.717) is 12.2 Å². The summed E-state index contributed by atoms with van der Waals surface area (Å²) in [6.45, 7) is 8.11. The van der Waals surface area contributed by atoms with Crippen LogP contribution in [-0.4, -0.2) is 11.9 Å². The topological polar surface area (TPSA) is 26.3 Å². The highest BCUT2D eigenvalue weighted by atomic mass is 16.5. The molecule has 0 saturated carbocycles.